The van der Waals surface area contributed by atoms with Gasteiger partial charge in [0.15, 0.2) is 5.82 Å². The summed E-state index contributed by atoms with van der Waals surface area (Å²) in [6.45, 7) is 13.6. The lowest BCUT2D eigenvalue weighted by molar-refractivity contribution is 0.0377. The molecule has 0 saturated carbocycles. The van der Waals surface area contributed by atoms with E-state index in [2.05, 4.69) is 31.3 Å². The van der Waals surface area contributed by atoms with Crippen molar-refractivity contribution in [2.45, 2.75) is 26.9 Å². The zero-order chi connectivity index (χ0) is 21.4. The highest BCUT2D eigenvalue weighted by Gasteiger charge is 2.24. The molecule has 3 aromatic heterocycles. The van der Waals surface area contributed by atoms with Crippen LogP contribution in [-0.4, -0.2) is 62.3 Å². The van der Waals surface area contributed by atoms with E-state index in [1.54, 1.807) is 4.68 Å². The predicted octanol–water partition coefficient (Wildman–Crippen LogP) is 2.48. The van der Waals surface area contributed by atoms with Gasteiger partial charge in [0.1, 0.15) is 6.33 Å². The lowest BCUT2D eigenvalue weighted by atomic mass is 10.0. The first-order valence-corrected chi connectivity index (χ1v) is 10.2. The Kier molecular flexibility index (Phi) is 5.34. The van der Waals surface area contributed by atoms with E-state index in [1.165, 1.54) is 6.33 Å². The third-order valence-corrected chi connectivity index (χ3v) is 5.49. The van der Waals surface area contributed by atoms with Crippen molar-refractivity contribution in [3.8, 4) is 11.4 Å². The molecule has 3 aromatic rings. The molecule has 8 heteroatoms. The van der Waals surface area contributed by atoms with Gasteiger partial charge in [0.2, 0.25) is 0 Å². The molecule has 0 atom stereocenters. The van der Waals surface area contributed by atoms with Crippen molar-refractivity contribution in [3.63, 3.8) is 0 Å². The van der Waals surface area contributed by atoms with E-state index in [0.29, 0.717) is 5.56 Å². The van der Waals surface area contributed by atoms with Crippen molar-refractivity contribution in [3.05, 3.63) is 48.1 Å². The first kappa shape index (κ1) is 20.2. The second kappa shape index (κ2) is 7.95. The molecule has 158 valence electrons. The van der Waals surface area contributed by atoms with Crippen molar-refractivity contribution in [1.29, 1.82) is 0 Å². The number of hydrogen-bond donors (Lipinski definition) is 1. The molecule has 1 N–H and O–H groups in total. The normalized spacial score (nSPS) is 14.5. The second-order valence-corrected chi connectivity index (χ2v) is 7.86. The molecule has 30 heavy (non-hydrogen) atoms. The molecule has 0 aromatic carbocycles. The van der Waals surface area contributed by atoms with E-state index >= 15 is 0 Å². The van der Waals surface area contributed by atoms with E-state index in [9.17, 15) is 4.79 Å². The highest BCUT2D eigenvalue weighted by molar-refractivity contribution is 5.96. The Balaban J connectivity index is 1.93. The Hall–Kier alpha value is -3.13. The molecular weight excluding hydrogens is 380 g/mol. The third-order valence-electron chi connectivity index (χ3n) is 5.49. The van der Waals surface area contributed by atoms with Gasteiger partial charge in [-0.3, -0.25) is 0 Å². The summed E-state index contributed by atoms with van der Waals surface area (Å²) in [4.78, 5) is 19.6. The van der Waals surface area contributed by atoms with E-state index in [0.717, 1.165) is 60.0 Å². The molecule has 1 aliphatic heterocycles. The molecule has 0 radical (unpaired) electrons. The monoisotopic (exact) mass is 408 g/mol. The van der Waals surface area contributed by atoms with Gasteiger partial charge in [-0.05, 0) is 38.5 Å². The topological polar surface area (TPSA) is 76.7 Å². The largest absolute Gasteiger partial charge is 0.459 e. The maximum atomic E-state index is 12.9. The molecule has 1 saturated heterocycles. The summed E-state index contributed by atoms with van der Waals surface area (Å²) in [5.41, 5.74) is 5.00. The van der Waals surface area contributed by atoms with Crippen LogP contribution in [0.4, 0.5) is 0 Å². The van der Waals surface area contributed by atoms with Crippen LogP contribution in [0.2, 0.25) is 0 Å². The molecular formula is C22H28N6O2. The summed E-state index contributed by atoms with van der Waals surface area (Å²) in [5.74, 6) is 0.410. The minimum atomic E-state index is -0.329. The van der Waals surface area contributed by atoms with Crippen LogP contribution in [0.3, 0.4) is 0 Å². The highest BCUT2D eigenvalue weighted by atomic mass is 16.5. The van der Waals surface area contributed by atoms with Crippen LogP contribution in [0.5, 0.6) is 0 Å². The summed E-state index contributed by atoms with van der Waals surface area (Å²) >= 11 is 0. The Bertz CT molecular complexity index is 1100. The smallest absolute Gasteiger partial charge is 0.338 e. The van der Waals surface area contributed by atoms with Crippen molar-refractivity contribution in [2.24, 2.45) is 7.05 Å². The van der Waals surface area contributed by atoms with E-state index in [-0.39, 0.29) is 12.1 Å². The van der Waals surface area contributed by atoms with Crippen LogP contribution in [0, 0.1) is 6.92 Å². The third kappa shape index (κ3) is 3.47. The SMILES string of the molecule is C=C(c1c(C)c(C(=O)OC(C)C)cc2c(-c3ncnn3C)ccn12)N1CCNCC1. The minimum Gasteiger partial charge on any atom is -0.459 e. The van der Waals surface area contributed by atoms with Gasteiger partial charge in [-0.15, -0.1) is 0 Å². The molecule has 0 amide bonds. The molecule has 0 spiro atoms. The number of nitrogens with one attached hydrogen (secondary N) is 1. The summed E-state index contributed by atoms with van der Waals surface area (Å²) < 4.78 is 9.36. The molecule has 4 heterocycles. The summed E-state index contributed by atoms with van der Waals surface area (Å²) in [7, 11) is 1.86. The van der Waals surface area contributed by atoms with Crippen LogP contribution in [0.25, 0.3) is 22.6 Å². The Labute approximate surface area is 176 Å². The standard InChI is InChI=1S/C22H28N6O2/c1-14(2)30-22(29)18-12-19-17(21-24-13-25-26(21)5)6-9-28(19)20(15(18)3)16(4)27-10-7-23-8-11-27/h6,9,12-14,23H,4,7-8,10-11H2,1-3,5H3. The molecule has 1 fully saturated rings. The predicted molar refractivity (Wildman–Crippen MR) is 116 cm³/mol. The molecule has 0 bridgehead atoms. The molecule has 0 aliphatic carbocycles. The number of aryl methyl sites for hydroxylation is 1. The lowest BCUT2D eigenvalue weighted by Gasteiger charge is -2.32. The molecule has 0 unspecified atom stereocenters. The van der Waals surface area contributed by atoms with Gasteiger partial charge in [0.05, 0.1) is 28.6 Å². The Morgan fingerprint density at radius 1 is 1.30 bits per heavy atom. The Morgan fingerprint density at radius 3 is 2.67 bits per heavy atom. The number of carbonyl (C=O) groups is 1. The summed E-state index contributed by atoms with van der Waals surface area (Å²) in [5, 5.41) is 7.57. The zero-order valence-electron chi connectivity index (χ0n) is 18.0. The van der Waals surface area contributed by atoms with Crippen LogP contribution >= 0.6 is 0 Å². The fraction of sp³-hybridized carbons (Fsp3) is 0.409. The second-order valence-electron chi connectivity index (χ2n) is 7.86. The van der Waals surface area contributed by atoms with Gasteiger partial charge in [-0.25, -0.2) is 14.5 Å². The van der Waals surface area contributed by atoms with Gasteiger partial charge in [-0.2, -0.15) is 5.10 Å². The van der Waals surface area contributed by atoms with Gasteiger partial charge < -0.3 is 19.4 Å². The average molecular weight is 409 g/mol. The fourth-order valence-corrected chi connectivity index (χ4v) is 4.00. The Morgan fingerprint density at radius 2 is 2.03 bits per heavy atom. The van der Waals surface area contributed by atoms with Crippen molar-refractivity contribution in [1.82, 2.24) is 29.4 Å². The number of piperazine rings is 1. The molecule has 8 nitrogen and oxygen atoms in total. The van der Waals surface area contributed by atoms with Crippen molar-refractivity contribution >= 4 is 17.2 Å². The number of rotatable bonds is 5. The number of hydrogen-bond acceptors (Lipinski definition) is 6. The van der Waals surface area contributed by atoms with Gasteiger partial charge in [0.25, 0.3) is 0 Å². The van der Waals surface area contributed by atoms with Crippen molar-refractivity contribution in [2.75, 3.05) is 26.2 Å². The number of nitrogens with zero attached hydrogens (tertiary/aromatic N) is 5. The van der Waals surface area contributed by atoms with Crippen LogP contribution in [0.15, 0.2) is 31.2 Å². The van der Waals surface area contributed by atoms with Crippen LogP contribution in [0.1, 0.15) is 35.5 Å². The quantitative estimate of drug-likeness (QED) is 0.654. The maximum absolute atomic E-state index is 12.9. The van der Waals surface area contributed by atoms with Gasteiger partial charge >= 0.3 is 5.97 Å². The fourth-order valence-electron chi connectivity index (χ4n) is 4.00. The first-order chi connectivity index (χ1) is 14.4. The number of carbonyl (C=O) groups excluding carboxylic acids is 1. The number of ether oxygens (including phenoxy) is 1. The van der Waals surface area contributed by atoms with E-state index in [1.807, 2.05) is 46.1 Å². The van der Waals surface area contributed by atoms with Gasteiger partial charge in [0, 0.05) is 45.0 Å². The van der Waals surface area contributed by atoms with Crippen molar-refractivity contribution < 1.29 is 9.53 Å². The summed E-state index contributed by atoms with van der Waals surface area (Å²) in [6, 6.07) is 3.89. The molecule has 1 aliphatic rings. The number of esters is 1. The number of fused-ring (bicyclic) bond motifs is 1. The lowest BCUT2D eigenvalue weighted by Crippen LogP contribution is -2.42. The van der Waals surface area contributed by atoms with E-state index in [4.69, 9.17) is 4.74 Å². The highest BCUT2D eigenvalue weighted by Crippen LogP contribution is 2.32. The molecule has 4 rings (SSSR count). The van der Waals surface area contributed by atoms with Gasteiger partial charge in [-0.1, -0.05) is 6.58 Å². The van der Waals surface area contributed by atoms with Crippen LogP contribution in [-0.2, 0) is 11.8 Å². The zero-order valence-corrected chi connectivity index (χ0v) is 18.0. The summed E-state index contributed by atoms with van der Waals surface area (Å²) in [6.07, 6.45) is 3.34. The van der Waals surface area contributed by atoms with Crippen LogP contribution < -0.4 is 5.32 Å². The number of aromatic nitrogens is 4. The van der Waals surface area contributed by atoms with E-state index < -0.39 is 0 Å². The first-order valence-electron chi connectivity index (χ1n) is 10.2. The minimum absolute atomic E-state index is 0.196. The number of pyridine rings is 1. The average Bonchev–Trinajstić information content (AvgIpc) is 3.32. The maximum Gasteiger partial charge on any atom is 0.338 e.